The Hall–Kier alpha value is -3.20. The number of aryl methyl sites for hydroxylation is 1. The molecule has 1 N–H and O–H groups in total. The number of carboxylic acid groups (broad SMARTS) is 1. The fraction of sp³-hybridized carbons (Fsp3) is 0.0714. The molecule has 2 rings (SSSR count). The van der Waals surface area contributed by atoms with Crippen LogP contribution in [0.4, 0.5) is 22.7 Å². The predicted molar refractivity (Wildman–Crippen MR) is 83.6 cm³/mol. The number of nitrogens with one attached hydrogen (secondary N) is 1. The smallest absolute Gasteiger partial charge is 0.300 e. The number of anilines is 2. The largest absolute Gasteiger partial charge is 0.545 e. The third-order valence-corrected chi connectivity index (χ3v) is 3.58. The average Bonchev–Trinajstić information content (AvgIpc) is 2.50. The minimum absolute atomic E-state index is 0.282. The van der Waals surface area contributed by atoms with E-state index in [-0.39, 0.29) is 5.69 Å². The zero-order valence-corrected chi connectivity index (χ0v) is 12.9. The van der Waals surface area contributed by atoms with Gasteiger partial charge in [0, 0.05) is 22.3 Å². The first-order valence-electron chi connectivity index (χ1n) is 6.42. The zero-order valence-electron chi connectivity index (χ0n) is 12.1. The molecular weight excluding hydrogens is 342 g/mol. The summed E-state index contributed by atoms with van der Waals surface area (Å²) < 4.78 is 0. The number of nitro benzene ring substituents is 2. The predicted octanol–water partition coefficient (Wildman–Crippen LogP) is 2.57. The molecule has 0 atom stereocenters. The highest BCUT2D eigenvalue weighted by molar-refractivity contribution is 6.31. The number of benzene rings is 2. The van der Waals surface area contributed by atoms with Crippen molar-refractivity contribution in [3.63, 3.8) is 0 Å². The van der Waals surface area contributed by atoms with Crippen LogP contribution >= 0.6 is 11.6 Å². The topological polar surface area (TPSA) is 138 Å². The standard InChI is InChI=1S/C14H10ClN3O6/c1-7-2-3-8(4-11(7)15)16-13-10(14(19)20)5-9(17(21)22)6-12(13)18(23)24/h2-6,16H,1H3,(H,19,20)/p-1. The molecule has 124 valence electrons. The van der Waals surface area contributed by atoms with Gasteiger partial charge in [0.25, 0.3) is 11.4 Å². The van der Waals surface area contributed by atoms with Gasteiger partial charge in [-0.3, -0.25) is 20.2 Å². The van der Waals surface area contributed by atoms with E-state index in [0.717, 1.165) is 5.56 Å². The summed E-state index contributed by atoms with van der Waals surface area (Å²) >= 11 is 5.96. The van der Waals surface area contributed by atoms with E-state index in [0.29, 0.717) is 17.2 Å². The molecule has 10 heteroatoms. The Labute approximate surface area is 139 Å². The van der Waals surface area contributed by atoms with Crippen molar-refractivity contribution in [2.45, 2.75) is 6.92 Å². The fourth-order valence-corrected chi connectivity index (χ4v) is 2.15. The Bertz CT molecular complexity index is 833. The van der Waals surface area contributed by atoms with Gasteiger partial charge in [0.15, 0.2) is 0 Å². The molecule has 0 saturated carbocycles. The van der Waals surface area contributed by atoms with Gasteiger partial charge in [-0.05, 0) is 24.6 Å². The number of aromatic carboxylic acids is 1. The first-order chi connectivity index (χ1) is 11.2. The van der Waals surface area contributed by atoms with Crippen molar-refractivity contribution >= 4 is 40.3 Å². The Morgan fingerprint density at radius 3 is 2.29 bits per heavy atom. The second-order valence-electron chi connectivity index (χ2n) is 4.78. The van der Waals surface area contributed by atoms with Crippen molar-refractivity contribution in [1.29, 1.82) is 0 Å². The van der Waals surface area contributed by atoms with Gasteiger partial charge in [0.2, 0.25) is 0 Å². The second-order valence-corrected chi connectivity index (χ2v) is 5.19. The third kappa shape index (κ3) is 3.41. The fourth-order valence-electron chi connectivity index (χ4n) is 1.97. The van der Waals surface area contributed by atoms with E-state index in [2.05, 4.69) is 5.32 Å². The van der Waals surface area contributed by atoms with Crippen LogP contribution < -0.4 is 10.4 Å². The molecule has 0 unspecified atom stereocenters. The first kappa shape index (κ1) is 17.2. The molecule has 9 nitrogen and oxygen atoms in total. The molecule has 2 aromatic carbocycles. The molecule has 0 saturated heterocycles. The number of carbonyl (C=O) groups excluding carboxylic acids is 1. The maximum Gasteiger partial charge on any atom is 0.300 e. The van der Waals surface area contributed by atoms with Crippen LogP contribution in [-0.2, 0) is 0 Å². The highest BCUT2D eigenvalue weighted by atomic mass is 35.5. The summed E-state index contributed by atoms with van der Waals surface area (Å²) in [5.74, 6) is -1.79. The normalized spacial score (nSPS) is 10.2. The third-order valence-electron chi connectivity index (χ3n) is 3.17. The molecule has 0 fully saturated rings. The lowest BCUT2D eigenvalue weighted by molar-refractivity contribution is -0.393. The van der Waals surface area contributed by atoms with Crippen LogP contribution in [0.5, 0.6) is 0 Å². The zero-order chi connectivity index (χ0) is 18.0. The SMILES string of the molecule is Cc1ccc(Nc2c(C(=O)[O-])cc([N+](=O)[O-])cc2[N+](=O)[O-])cc1Cl. The number of non-ortho nitro benzene ring substituents is 1. The molecular formula is C14H9ClN3O6-. The number of nitrogens with zero attached hydrogens (tertiary/aromatic N) is 2. The lowest BCUT2D eigenvalue weighted by Gasteiger charge is -2.13. The Kier molecular flexibility index (Phi) is 4.65. The summed E-state index contributed by atoms with van der Waals surface area (Å²) in [6, 6.07) is 5.97. The Balaban J connectivity index is 2.65. The van der Waals surface area contributed by atoms with E-state index in [4.69, 9.17) is 11.6 Å². The Morgan fingerprint density at radius 1 is 1.12 bits per heavy atom. The lowest BCUT2D eigenvalue weighted by atomic mass is 10.1. The van der Waals surface area contributed by atoms with Gasteiger partial charge in [-0.2, -0.15) is 0 Å². The van der Waals surface area contributed by atoms with Crippen LogP contribution in [0.25, 0.3) is 0 Å². The number of carboxylic acids is 1. The van der Waals surface area contributed by atoms with Crippen LogP contribution in [0.15, 0.2) is 30.3 Å². The summed E-state index contributed by atoms with van der Waals surface area (Å²) in [6.45, 7) is 1.74. The molecule has 0 aliphatic carbocycles. The van der Waals surface area contributed by atoms with Crippen molar-refractivity contribution in [2.24, 2.45) is 0 Å². The molecule has 0 aliphatic heterocycles. The number of rotatable bonds is 5. The number of carbonyl (C=O) groups is 1. The molecule has 0 amide bonds. The maximum absolute atomic E-state index is 11.3. The number of halogens is 1. The van der Waals surface area contributed by atoms with E-state index in [9.17, 15) is 30.1 Å². The number of hydrogen-bond donors (Lipinski definition) is 1. The van der Waals surface area contributed by atoms with Crippen molar-refractivity contribution < 1.29 is 19.7 Å². The van der Waals surface area contributed by atoms with Crippen LogP contribution in [0.2, 0.25) is 5.02 Å². The summed E-state index contributed by atoms with van der Waals surface area (Å²) in [5, 5.41) is 36.2. The molecule has 0 aromatic heterocycles. The Morgan fingerprint density at radius 2 is 1.79 bits per heavy atom. The molecule has 0 bridgehead atoms. The molecule has 0 aliphatic rings. The monoisotopic (exact) mass is 350 g/mol. The molecule has 0 heterocycles. The van der Waals surface area contributed by atoms with E-state index in [1.807, 2.05) is 0 Å². The van der Waals surface area contributed by atoms with Gasteiger partial charge in [-0.25, -0.2) is 0 Å². The van der Waals surface area contributed by atoms with Gasteiger partial charge in [0.1, 0.15) is 5.69 Å². The van der Waals surface area contributed by atoms with Gasteiger partial charge in [0.05, 0.1) is 21.9 Å². The summed E-state index contributed by atoms with van der Waals surface area (Å²) in [4.78, 5) is 31.4. The number of nitro groups is 2. The van der Waals surface area contributed by atoms with Crippen LogP contribution in [0.1, 0.15) is 15.9 Å². The van der Waals surface area contributed by atoms with Crippen LogP contribution in [-0.4, -0.2) is 15.8 Å². The summed E-state index contributed by atoms with van der Waals surface area (Å²) in [6.07, 6.45) is 0. The number of hydrogen-bond acceptors (Lipinski definition) is 7. The quantitative estimate of drug-likeness (QED) is 0.645. The average molecular weight is 351 g/mol. The van der Waals surface area contributed by atoms with Crippen molar-refractivity contribution in [3.8, 4) is 0 Å². The molecule has 2 aromatic rings. The van der Waals surface area contributed by atoms with E-state index >= 15 is 0 Å². The first-order valence-corrected chi connectivity index (χ1v) is 6.80. The summed E-state index contributed by atoms with van der Waals surface area (Å²) in [5.41, 5.74) is -1.59. The highest BCUT2D eigenvalue weighted by Gasteiger charge is 2.25. The van der Waals surface area contributed by atoms with Gasteiger partial charge in [-0.1, -0.05) is 17.7 Å². The molecule has 0 spiro atoms. The van der Waals surface area contributed by atoms with Crippen molar-refractivity contribution in [2.75, 3.05) is 5.32 Å². The minimum Gasteiger partial charge on any atom is -0.545 e. The van der Waals surface area contributed by atoms with E-state index in [1.165, 1.54) is 12.1 Å². The van der Waals surface area contributed by atoms with E-state index < -0.39 is 38.4 Å². The second kappa shape index (κ2) is 6.50. The maximum atomic E-state index is 11.3. The van der Waals surface area contributed by atoms with Gasteiger partial charge >= 0.3 is 0 Å². The molecule has 0 radical (unpaired) electrons. The van der Waals surface area contributed by atoms with Gasteiger partial charge in [-0.15, -0.1) is 0 Å². The van der Waals surface area contributed by atoms with Crippen molar-refractivity contribution in [1.82, 2.24) is 0 Å². The van der Waals surface area contributed by atoms with Crippen LogP contribution in [0, 0.1) is 27.2 Å². The summed E-state index contributed by atoms with van der Waals surface area (Å²) in [7, 11) is 0. The van der Waals surface area contributed by atoms with E-state index in [1.54, 1.807) is 13.0 Å². The lowest BCUT2D eigenvalue weighted by Crippen LogP contribution is -2.24. The highest BCUT2D eigenvalue weighted by Crippen LogP contribution is 2.35. The van der Waals surface area contributed by atoms with Crippen LogP contribution in [0.3, 0.4) is 0 Å². The minimum atomic E-state index is -1.79. The molecule has 24 heavy (non-hydrogen) atoms. The van der Waals surface area contributed by atoms with Gasteiger partial charge < -0.3 is 15.2 Å². The van der Waals surface area contributed by atoms with Crippen molar-refractivity contribution in [3.05, 3.63) is 66.7 Å².